The number of likely N-dealkylation sites (N-methyl/N-ethyl adjacent to an activating group) is 1. The zero-order valence-electron chi connectivity index (χ0n) is 17.1. The highest BCUT2D eigenvalue weighted by atomic mass is 16.5. The summed E-state index contributed by atoms with van der Waals surface area (Å²) in [5, 5.41) is 18.9. The molecule has 2 aromatic carbocycles. The molecule has 0 fully saturated rings. The highest BCUT2D eigenvalue weighted by molar-refractivity contribution is 5.31. The maximum atomic E-state index is 10.2. The van der Waals surface area contributed by atoms with Gasteiger partial charge in [-0.25, -0.2) is 0 Å². The SMILES string of the molecule is COc1ccc(OC[C@@H](O)CN(C)Cc2ccc(OCCOCCO)cc2)cc1. The molecule has 7 nitrogen and oxygen atoms in total. The zero-order valence-corrected chi connectivity index (χ0v) is 17.1. The highest BCUT2D eigenvalue weighted by Gasteiger charge is 2.10. The summed E-state index contributed by atoms with van der Waals surface area (Å²) in [7, 11) is 3.57. The number of benzene rings is 2. The van der Waals surface area contributed by atoms with E-state index in [0.717, 1.165) is 17.1 Å². The summed E-state index contributed by atoms with van der Waals surface area (Å²) in [5.41, 5.74) is 1.12. The molecule has 1 atom stereocenters. The third-order valence-electron chi connectivity index (χ3n) is 4.13. The van der Waals surface area contributed by atoms with Crippen LogP contribution in [0.5, 0.6) is 17.2 Å². The van der Waals surface area contributed by atoms with Crippen LogP contribution in [0.2, 0.25) is 0 Å². The predicted octanol–water partition coefficient (Wildman–Crippen LogP) is 1.95. The summed E-state index contributed by atoms with van der Waals surface area (Å²) in [5.74, 6) is 2.24. The number of hydrogen-bond donors (Lipinski definition) is 2. The zero-order chi connectivity index (χ0) is 20.9. The molecule has 0 aliphatic carbocycles. The minimum absolute atomic E-state index is 0.0184. The van der Waals surface area contributed by atoms with Crippen LogP contribution in [-0.4, -0.2) is 75.0 Å². The lowest BCUT2D eigenvalue weighted by Gasteiger charge is -2.21. The van der Waals surface area contributed by atoms with Crippen molar-refractivity contribution in [3.05, 3.63) is 54.1 Å². The van der Waals surface area contributed by atoms with Crippen LogP contribution in [0.25, 0.3) is 0 Å². The van der Waals surface area contributed by atoms with Gasteiger partial charge in [-0.2, -0.15) is 0 Å². The summed E-state index contributed by atoms with van der Waals surface area (Å²) < 4.78 is 21.5. The van der Waals surface area contributed by atoms with Crippen LogP contribution in [0.15, 0.2) is 48.5 Å². The first-order chi connectivity index (χ1) is 14.1. The monoisotopic (exact) mass is 405 g/mol. The van der Waals surface area contributed by atoms with Gasteiger partial charge in [-0.3, -0.25) is 4.90 Å². The molecule has 0 spiro atoms. The van der Waals surface area contributed by atoms with E-state index >= 15 is 0 Å². The molecule has 0 amide bonds. The normalized spacial score (nSPS) is 12.0. The van der Waals surface area contributed by atoms with Gasteiger partial charge in [0.25, 0.3) is 0 Å². The Morgan fingerprint density at radius 3 is 2.14 bits per heavy atom. The molecule has 0 radical (unpaired) electrons. The Morgan fingerprint density at radius 2 is 1.48 bits per heavy atom. The van der Waals surface area contributed by atoms with E-state index < -0.39 is 6.10 Å². The van der Waals surface area contributed by atoms with Gasteiger partial charge in [0.1, 0.15) is 36.6 Å². The number of ether oxygens (including phenoxy) is 4. The molecule has 2 N–H and O–H groups in total. The van der Waals surface area contributed by atoms with E-state index in [1.807, 2.05) is 60.5 Å². The van der Waals surface area contributed by atoms with Gasteiger partial charge >= 0.3 is 0 Å². The van der Waals surface area contributed by atoms with E-state index in [0.29, 0.717) is 38.7 Å². The van der Waals surface area contributed by atoms with Crippen LogP contribution >= 0.6 is 0 Å². The van der Waals surface area contributed by atoms with Crippen LogP contribution < -0.4 is 14.2 Å². The Morgan fingerprint density at radius 1 is 0.862 bits per heavy atom. The average Bonchev–Trinajstić information content (AvgIpc) is 2.73. The van der Waals surface area contributed by atoms with Crippen molar-refractivity contribution in [3.8, 4) is 17.2 Å². The van der Waals surface area contributed by atoms with Gasteiger partial charge < -0.3 is 29.2 Å². The fourth-order valence-electron chi connectivity index (χ4n) is 2.73. The highest BCUT2D eigenvalue weighted by Crippen LogP contribution is 2.17. The van der Waals surface area contributed by atoms with Crippen LogP contribution in [0.4, 0.5) is 0 Å². The van der Waals surface area contributed by atoms with Crippen LogP contribution in [0, 0.1) is 0 Å². The van der Waals surface area contributed by atoms with Gasteiger partial charge in [0.2, 0.25) is 0 Å². The molecule has 29 heavy (non-hydrogen) atoms. The number of nitrogens with zero attached hydrogens (tertiary/aromatic N) is 1. The van der Waals surface area contributed by atoms with E-state index in [1.54, 1.807) is 7.11 Å². The first-order valence-electron chi connectivity index (χ1n) is 9.64. The summed E-state index contributed by atoms with van der Waals surface area (Å²) >= 11 is 0. The molecule has 2 aromatic rings. The quantitative estimate of drug-likeness (QED) is 0.465. The minimum Gasteiger partial charge on any atom is -0.497 e. The van der Waals surface area contributed by atoms with Crippen molar-refractivity contribution < 1.29 is 29.2 Å². The third-order valence-corrected chi connectivity index (χ3v) is 4.13. The van der Waals surface area contributed by atoms with E-state index in [2.05, 4.69) is 0 Å². The fraction of sp³-hybridized carbons (Fsp3) is 0.455. The fourth-order valence-corrected chi connectivity index (χ4v) is 2.73. The van der Waals surface area contributed by atoms with Crippen LogP contribution in [0.1, 0.15) is 5.56 Å². The Kier molecular flexibility index (Phi) is 10.3. The van der Waals surface area contributed by atoms with E-state index in [1.165, 1.54) is 0 Å². The maximum Gasteiger partial charge on any atom is 0.119 e. The van der Waals surface area contributed by atoms with Crippen molar-refractivity contribution >= 4 is 0 Å². The maximum absolute atomic E-state index is 10.2. The molecule has 0 saturated heterocycles. The molecule has 2 rings (SSSR count). The van der Waals surface area contributed by atoms with Gasteiger partial charge in [-0.1, -0.05) is 12.1 Å². The lowest BCUT2D eigenvalue weighted by atomic mass is 10.2. The Hall–Kier alpha value is -2.32. The average molecular weight is 405 g/mol. The topological polar surface area (TPSA) is 80.6 Å². The number of hydrogen-bond acceptors (Lipinski definition) is 7. The molecule has 0 heterocycles. The van der Waals surface area contributed by atoms with E-state index in [4.69, 9.17) is 24.1 Å². The molecule has 7 heteroatoms. The van der Waals surface area contributed by atoms with Crippen molar-refractivity contribution in [1.29, 1.82) is 0 Å². The van der Waals surface area contributed by atoms with Crippen molar-refractivity contribution in [2.24, 2.45) is 0 Å². The van der Waals surface area contributed by atoms with Gasteiger partial charge in [0, 0.05) is 13.1 Å². The van der Waals surface area contributed by atoms with Gasteiger partial charge in [0.05, 0.1) is 26.9 Å². The van der Waals surface area contributed by atoms with Crippen molar-refractivity contribution in [1.82, 2.24) is 4.90 Å². The lowest BCUT2D eigenvalue weighted by molar-refractivity contribution is 0.0704. The number of aliphatic hydroxyl groups is 2. The second-order valence-corrected chi connectivity index (χ2v) is 6.67. The predicted molar refractivity (Wildman–Crippen MR) is 111 cm³/mol. The van der Waals surface area contributed by atoms with Crippen LogP contribution in [-0.2, 0) is 11.3 Å². The summed E-state index contributed by atoms with van der Waals surface area (Å²) in [6.45, 7) is 2.66. The van der Waals surface area contributed by atoms with Crippen molar-refractivity contribution in [2.45, 2.75) is 12.6 Å². The molecule has 0 saturated carbocycles. The molecule has 0 aliphatic heterocycles. The number of rotatable bonds is 14. The van der Waals surface area contributed by atoms with E-state index in [-0.39, 0.29) is 13.2 Å². The second kappa shape index (κ2) is 13.0. The largest absolute Gasteiger partial charge is 0.497 e. The Bertz CT molecular complexity index is 677. The molecule has 0 aliphatic rings. The van der Waals surface area contributed by atoms with Gasteiger partial charge in [-0.05, 0) is 49.0 Å². The minimum atomic E-state index is -0.594. The third kappa shape index (κ3) is 9.15. The number of methoxy groups -OCH3 is 1. The molecular formula is C22H31NO6. The summed E-state index contributed by atoms with van der Waals surface area (Å²) in [6, 6.07) is 15.1. The first kappa shape index (κ1) is 23.0. The van der Waals surface area contributed by atoms with E-state index in [9.17, 15) is 5.11 Å². The Balaban J connectivity index is 1.67. The summed E-state index contributed by atoms with van der Waals surface area (Å²) in [6.07, 6.45) is -0.594. The Labute approximate surface area is 172 Å². The lowest BCUT2D eigenvalue weighted by Crippen LogP contribution is -2.32. The molecule has 0 bridgehead atoms. The molecule has 0 unspecified atom stereocenters. The van der Waals surface area contributed by atoms with Gasteiger partial charge in [0.15, 0.2) is 0 Å². The molecule has 0 aromatic heterocycles. The summed E-state index contributed by atoms with van der Waals surface area (Å²) in [4.78, 5) is 2.04. The van der Waals surface area contributed by atoms with Crippen LogP contribution in [0.3, 0.4) is 0 Å². The van der Waals surface area contributed by atoms with Crippen molar-refractivity contribution in [2.75, 3.05) is 53.7 Å². The first-order valence-corrected chi connectivity index (χ1v) is 9.64. The molecular weight excluding hydrogens is 374 g/mol. The molecule has 160 valence electrons. The van der Waals surface area contributed by atoms with Crippen molar-refractivity contribution in [3.63, 3.8) is 0 Å². The standard InChI is InChI=1S/C22H31NO6/c1-23(16-19(25)17-29-22-9-7-20(26-2)8-10-22)15-18-3-5-21(6-4-18)28-14-13-27-12-11-24/h3-10,19,24-25H,11-17H2,1-2H3/t19-/m0/s1. The number of aliphatic hydroxyl groups excluding tert-OH is 2. The van der Waals surface area contributed by atoms with Gasteiger partial charge in [-0.15, -0.1) is 0 Å². The second-order valence-electron chi connectivity index (χ2n) is 6.67. The smallest absolute Gasteiger partial charge is 0.119 e.